The normalized spacial score (nSPS) is 11.0. The number of hydrogen-bond donors (Lipinski definition) is 4. The molecule has 0 bridgehead atoms. The Morgan fingerprint density at radius 1 is 1.29 bits per heavy atom. The second-order valence-corrected chi connectivity index (χ2v) is 6.23. The van der Waals surface area contributed by atoms with Crippen LogP contribution in [0.2, 0.25) is 0 Å². The van der Waals surface area contributed by atoms with E-state index < -0.39 is 22.0 Å². The Labute approximate surface area is 122 Å². The molecule has 0 aliphatic heterocycles. The van der Waals surface area contributed by atoms with E-state index in [2.05, 4.69) is 15.4 Å². The number of hydrogen-bond acceptors (Lipinski definition) is 4. The van der Waals surface area contributed by atoms with Crippen LogP contribution >= 0.6 is 0 Å². The average molecular weight is 315 g/mol. The number of rotatable bonds is 6. The minimum absolute atomic E-state index is 0.0628. The van der Waals surface area contributed by atoms with Gasteiger partial charge < -0.3 is 15.7 Å². The molecule has 0 fully saturated rings. The van der Waals surface area contributed by atoms with Crippen LogP contribution in [0.4, 0.5) is 10.5 Å². The molecule has 1 rings (SSSR count). The number of carbonyl (C=O) groups excluding carboxylic acids is 1. The molecule has 0 heterocycles. The lowest BCUT2D eigenvalue weighted by molar-refractivity contribution is 0.0696. The van der Waals surface area contributed by atoms with Crippen LogP contribution in [0, 0.1) is 6.92 Å². The van der Waals surface area contributed by atoms with Crippen LogP contribution in [0.15, 0.2) is 18.2 Å². The van der Waals surface area contributed by atoms with Crippen molar-refractivity contribution in [1.29, 1.82) is 0 Å². The topological polar surface area (TPSA) is 125 Å². The van der Waals surface area contributed by atoms with Gasteiger partial charge in [0, 0.05) is 12.2 Å². The SMILES string of the molecule is CNS(=O)(=O)CCNC(=O)Nc1cccc(C(=O)O)c1C. The molecule has 116 valence electrons. The van der Waals surface area contributed by atoms with Crippen molar-refractivity contribution in [2.75, 3.05) is 24.7 Å². The van der Waals surface area contributed by atoms with Crippen molar-refractivity contribution >= 4 is 27.7 Å². The highest BCUT2D eigenvalue weighted by Gasteiger charge is 2.12. The Morgan fingerprint density at radius 2 is 1.95 bits per heavy atom. The molecule has 1 aromatic carbocycles. The Hall–Kier alpha value is -2.13. The fourth-order valence-electron chi connectivity index (χ4n) is 1.57. The highest BCUT2D eigenvalue weighted by Crippen LogP contribution is 2.18. The summed E-state index contributed by atoms with van der Waals surface area (Å²) in [6.07, 6.45) is 0. The van der Waals surface area contributed by atoms with Gasteiger partial charge in [-0.25, -0.2) is 22.7 Å². The zero-order chi connectivity index (χ0) is 16.0. The van der Waals surface area contributed by atoms with Crippen molar-refractivity contribution in [2.24, 2.45) is 0 Å². The Balaban J connectivity index is 2.64. The maximum Gasteiger partial charge on any atom is 0.336 e. The number of benzene rings is 1. The predicted octanol–water partition coefficient (Wildman–Crippen LogP) is 0.364. The van der Waals surface area contributed by atoms with Crippen LogP contribution in [0.5, 0.6) is 0 Å². The molecule has 0 aliphatic rings. The van der Waals surface area contributed by atoms with E-state index in [9.17, 15) is 18.0 Å². The first-order valence-electron chi connectivity index (χ1n) is 6.06. The van der Waals surface area contributed by atoms with Crippen molar-refractivity contribution < 1.29 is 23.1 Å². The molecule has 1 aromatic rings. The largest absolute Gasteiger partial charge is 0.478 e. The minimum atomic E-state index is -3.38. The van der Waals surface area contributed by atoms with Crippen LogP contribution in [0.25, 0.3) is 0 Å². The Morgan fingerprint density at radius 3 is 2.52 bits per heavy atom. The van der Waals surface area contributed by atoms with Crippen molar-refractivity contribution in [3.05, 3.63) is 29.3 Å². The quantitative estimate of drug-likeness (QED) is 0.603. The summed E-state index contributed by atoms with van der Waals surface area (Å²) in [4.78, 5) is 22.6. The van der Waals surface area contributed by atoms with E-state index in [1.165, 1.54) is 19.2 Å². The molecule has 0 atom stereocenters. The van der Waals surface area contributed by atoms with Gasteiger partial charge in [-0.1, -0.05) is 6.07 Å². The van der Waals surface area contributed by atoms with Gasteiger partial charge in [0.1, 0.15) is 0 Å². The van der Waals surface area contributed by atoms with Gasteiger partial charge in [-0.3, -0.25) is 0 Å². The Kier molecular flexibility index (Phi) is 5.68. The van der Waals surface area contributed by atoms with Crippen molar-refractivity contribution in [3.63, 3.8) is 0 Å². The van der Waals surface area contributed by atoms with Gasteiger partial charge in [0.05, 0.1) is 11.3 Å². The summed E-state index contributed by atoms with van der Waals surface area (Å²) in [5, 5.41) is 13.8. The number of anilines is 1. The molecule has 0 radical (unpaired) electrons. The molecule has 0 aromatic heterocycles. The maximum atomic E-state index is 11.6. The van der Waals surface area contributed by atoms with Gasteiger partial charge in [0.2, 0.25) is 10.0 Å². The van der Waals surface area contributed by atoms with E-state index in [0.717, 1.165) is 0 Å². The average Bonchev–Trinajstić information content (AvgIpc) is 2.40. The summed E-state index contributed by atoms with van der Waals surface area (Å²) in [6.45, 7) is 1.51. The smallest absolute Gasteiger partial charge is 0.336 e. The molecule has 4 N–H and O–H groups in total. The molecular formula is C12H17N3O5S. The lowest BCUT2D eigenvalue weighted by atomic mass is 10.1. The molecule has 0 saturated heterocycles. The number of nitrogens with one attached hydrogen (secondary N) is 3. The predicted molar refractivity (Wildman–Crippen MR) is 78.0 cm³/mol. The number of aromatic carboxylic acids is 1. The minimum Gasteiger partial charge on any atom is -0.478 e. The second-order valence-electron chi connectivity index (χ2n) is 4.19. The van der Waals surface area contributed by atoms with Crippen LogP contribution in [-0.2, 0) is 10.0 Å². The molecule has 9 heteroatoms. The third kappa shape index (κ3) is 5.04. The first kappa shape index (κ1) is 16.9. The number of urea groups is 1. The highest BCUT2D eigenvalue weighted by atomic mass is 32.2. The maximum absolute atomic E-state index is 11.6. The standard InChI is InChI=1S/C12H17N3O5S/c1-8-9(11(16)17)4-3-5-10(8)15-12(18)14-6-7-21(19,20)13-2/h3-5,13H,6-7H2,1-2H3,(H,16,17)(H2,14,15,18). The van der Waals surface area contributed by atoms with Gasteiger partial charge in [-0.2, -0.15) is 0 Å². The number of carboxylic acid groups (broad SMARTS) is 1. The lowest BCUT2D eigenvalue weighted by Gasteiger charge is -2.11. The molecule has 0 unspecified atom stereocenters. The van der Waals surface area contributed by atoms with Crippen LogP contribution in [-0.4, -0.2) is 44.9 Å². The summed E-state index contributed by atoms with van der Waals surface area (Å²) in [5.74, 6) is -1.33. The van der Waals surface area contributed by atoms with Gasteiger partial charge in [0.15, 0.2) is 0 Å². The fourth-order valence-corrected chi connectivity index (χ4v) is 2.15. The van der Waals surface area contributed by atoms with E-state index >= 15 is 0 Å². The van der Waals surface area contributed by atoms with E-state index in [1.54, 1.807) is 13.0 Å². The van der Waals surface area contributed by atoms with E-state index in [1.807, 2.05) is 0 Å². The van der Waals surface area contributed by atoms with Crippen molar-refractivity contribution in [1.82, 2.24) is 10.0 Å². The summed E-state index contributed by atoms with van der Waals surface area (Å²) in [7, 11) is -2.10. The highest BCUT2D eigenvalue weighted by molar-refractivity contribution is 7.89. The van der Waals surface area contributed by atoms with Gasteiger partial charge in [0.25, 0.3) is 0 Å². The second kappa shape index (κ2) is 7.04. The molecule has 0 spiro atoms. The first-order chi connectivity index (χ1) is 9.76. The third-order valence-corrected chi connectivity index (χ3v) is 4.14. The molecular weight excluding hydrogens is 298 g/mol. The number of carbonyl (C=O) groups is 2. The number of sulfonamides is 1. The summed E-state index contributed by atoms with van der Waals surface area (Å²) in [5.41, 5.74) is 0.859. The van der Waals surface area contributed by atoms with Gasteiger partial charge in [-0.15, -0.1) is 0 Å². The van der Waals surface area contributed by atoms with E-state index in [-0.39, 0.29) is 17.9 Å². The van der Waals surface area contributed by atoms with Crippen LogP contribution in [0.3, 0.4) is 0 Å². The fraction of sp³-hybridized carbons (Fsp3) is 0.333. The third-order valence-electron chi connectivity index (χ3n) is 2.78. The lowest BCUT2D eigenvalue weighted by Crippen LogP contribution is -2.35. The summed E-state index contributed by atoms with van der Waals surface area (Å²) in [6, 6.07) is 3.90. The van der Waals surface area contributed by atoms with Crippen LogP contribution in [0.1, 0.15) is 15.9 Å². The number of amides is 2. The first-order valence-corrected chi connectivity index (χ1v) is 7.71. The van der Waals surface area contributed by atoms with E-state index in [4.69, 9.17) is 5.11 Å². The monoisotopic (exact) mass is 315 g/mol. The molecule has 2 amide bonds. The van der Waals surface area contributed by atoms with Gasteiger partial charge in [-0.05, 0) is 31.7 Å². The number of carboxylic acids is 1. The zero-order valence-corrected chi connectivity index (χ0v) is 12.5. The summed E-state index contributed by atoms with van der Waals surface area (Å²) < 4.78 is 24.5. The van der Waals surface area contributed by atoms with Crippen LogP contribution < -0.4 is 15.4 Å². The van der Waals surface area contributed by atoms with Gasteiger partial charge >= 0.3 is 12.0 Å². The molecule has 0 aliphatic carbocycles. The van der Waals surface area contributed by atoms with Crippen molar-refractivity contribution in [2.45, 2.75) is 6.92 Å². The zero-order valence-electron chi connectivity index (χ0n) is 11.6. The van der Waals surface area contributed by atoms with Crippen molar-refractivity contribution in [3.8, 4) is 0 Å². The Bertz CT molecular complexity index is 642. The molecule has 8 nitrogen and oxygen atoms in total. The molecule has 21 heavy (non-hydrogen) atoms. The van der Waals surface area contributed by atoms with E-state index in [0.29, 0.717) is 11.3 Å². The summed E-state index contributed by atoms with van der Waals surface area (Å²) >= 11 is 0. The molecule has 0 saturated carbocycles.